The van der Waals surface area contributed by atoms with E-state index in [1.807, 2.05) is 0 Å². The maximum atomic E-state index is 13.3. The number of alkyl halides is 3. The van der Waals surface area contributed by atoms with Crippen LogP contribution in [-0.2, 0) is 4.79 Å². The number of amides is 3. The van der Waals surface area contributed by atoms with Crippen LogP contribution < -0.4 is 4.74 Å². The van der Waals surface area contributed by atoms with Crippen molar-refractivity contribution >= 4 is 28.6 Å². The number of ether oxygens (including phenoxy) is 1. The number of halogens is 3. The van der Waals surface area contributed by atoms with Crippen molar-refractivity contribution in [3.8, 4) is 5.75 Å². The number of benzene rings is 1. The number of hydrogen-bond acceptors (Lipinski definition) is 5. The summed E-state index contributed by atoms with van der Waals surface area (Å²) in [6.45, 7) is 4.10. The van der Waals surface area contributed by atoms with Gasteiger partial charge in [0.25, 0.3) is 0 Å². The van der Waals surface area contributed by atoms with Gasteiger partial charge in [-0.05, 0) is 48.4 Å². The highest BCUT2D eigenvalue weighted by Crippen LogP contribution is 2.52. The van der Waals surface area contributed by atoms with Crippen molar-refractivity contribution in [2.75, 3.05) is 20.2 Å². The number of thioether (sulfide) groups is 1. The van der Waals surface area contributed by atoms with E-state index in [0.29, 0.717) is 22.8 Å². The largest absolute Gasteiger partial charge is 0.573 e. The predicted molar refractivity (Wildman–Crippen MR) is 116 cm³/mol. The molecule has 176 valence electrons. The van der Waals surface area contributed by atoms with Gasteiger partial charge in [-0.25, -0.2) is 4.79 Å². The van der Waals surface area contributed by atoms with E-state index in [1.165, 1.54) is 39.8 Å². The molecule has 2 unspecified atom stereocenters. The van der Waals surface area contributed by atoms with Gasteiger partial charge in [-0.3, -0.25) is 9.69 Å². The average molecular weight is 473 g/mol. The summed E-state index contributed by atoms with van der Waals surface area (Å²) in [5, 5.41) is 8.68. The highest BCUT2D eigenvalue weighted by molar-refractivity contribution is 8.09. The molecule has 0 spiro atoms. The van der Waals surface area contributed by atoms with Gasteiger partial charge < -0.3 is 14.7 Å². The molecule has 10 heteroatoms. The summed E-state index contributed by atoms with van der Waals surface area (Å²) in [7, 11) is 1.62. The Morgan fingerprint density at radius 3 is 2.59 bits per heavy atom. The molecule has 2 heterocycles. The van der Waals surface area contributed by atoms with Crippen LogP contribution in [0.1, 0.15) is 38.7 Å². The first-order valence-electron chi connectivity index (χ1n) is 10.5. The Balaban J connectivity index is 2.02. The van der Waals surface area contributed by atoms with E-state index in [-0.39, 0.29) is 31.2 Å². The van der Waals surface area contributed by atoms with E-state index in [4.69, 9.17) is 5.11 Å². The normalized spacial score (nSPS) is 21.6. The zero-order valence-corrected chi connectivity index (χ0v) is 19.0. The van der Waals surface area contributed by atoms with E-state index in [9.17, 15) is 22.8 Å². The van der Waals surface area contributed by atoms with Gasteiger partial charge in [0.05, 0.1) is 11.3 Å². The highest BCUT2D eigenvalue weighted by Gasteiger charge is 2.51. The fourth-order valence-corrected chi connectivity index (χ4v) is 5.50. The van der Waals surface area contributed by atoms with Crippen molar-refractivity contribution in [3.05, 3.63) is 35.4 Å². The molecule has 1 saturated heterocycles. The number of nitrogens with zero attached hydrogens (tertiary/aromatic N) is 2. The van der Waals surface area contributed by atoms with Gasteiger partial charge in [0.1, 0.15) is 5.75 Å². The number of aliphatic hydroxyl groups excluding tert-OH is 1. The number of urea groups is 1. The monoisotopic (exact) mass is 472 g/mol. The van der Waals surface area contributed by atoms with Gasteiger partial charge in [-0.1, -0.05) is 37.7 Å². The van der Waals surface area contributed by atoms with Crippen LogP contribution in [0.5, 0.6) is 5.75 Å². The Kier molecular flexibility index (Phi) is 7.44. The summed E-state index contributed by atoms with van der Waals surface area (Å²) >= 11 is 1.33. The molecule has 3 rings (SSSR count). The van der Waals surface area contributed by atoms with E-state index in [2.05, 4.69) is 18.6 Å². The van der Waals surface area contributed by atoms with E-state index < -0.39 is 23.7 Å². The first-order valence-corrected chi connectivity index (χ1v) is 11.4. The Labute approximate surface area is 189 Å². The molecule has 0 aliphatic carbocycles. The number of rotatable bonds is 8. The van der Waals surface area contributed by atoms with Crippen molar-refractivity contribution in [1.29, 1.82) is 0 Å². The SMILES string of the molecule is CC(C)CCC1=C(c2cccc(OC(F)(F)F)c2)SC2C1C(=O)N(CCCO)C(=O)N2C. The van der Waals surface area contributed by atoms with Crippen LogP contribution in [0.4, 0.5) is 18.0 Å². The molecule has 3 amide bonds. The molecule has 0 radical (unpaired) electrons. The smallest absolute Gasteiger partial charge is 0.406 e. The number of imide groups is 1. The quantitative estimate of drug-likeness (QED) is 0.594. The molecule has 1 aromatic carbocycles. The second-order valence-corrected chi connectivity index (χ2v) is 9.44. The number of fused-ring (bicyclic) bond motifs is 1. The number of hydrogen-bond donors (Lipinski definition) is 1. The number of aliphatic hydroxyl groups is 1. The molecule has 1 fully saturated rings. The Bertz CT molecular complexity index is 903. The molecule has 6 nitrogen and oxygen atoms in total. The van der Waals surface area contributed by atoms with Crippen LogP contribution in [0.3, 0.4) is 0 Å². The minimum absolute atomic E-state index is 0.119. The average Bonchev–Trinajstić information content (AvgIpc) is 3.09. The summed E-state index contributed by atoms with van der Waals surface area (Å²) < 4.78 is 42.2. The summed E-state index contributed by atoms with van der Waals surface area (Å²) in [6.07, 6.45) is -3.14. The van der Waals surface area contributed by atoms with Crippen molar-refractivity contribution < 1.29 is 32.6 Å². The van der Waals surface area contributed by atoms with Gasteiger partial charge in [0, 0.05) is 25.1 Å². The molecule has 32 heavy (non-hydrogen) atoms. The molecule has 0 saturated carbocycles. The van der Waals surface area contributed by atoms with E-state index in [0.717, 1.165) is 12.0 Å². The Morgan fingerprint density at radius 1 is 1.25 bits per heavy atom. The van der Waals surface area contributed by atoms with Gasteiger partial charge >= 0.3 is 12.4 Å². The van der Waals surface area contributed by atoms with Crippen LogP contribution in [0.2, 0.25) is 0 Å². The van der Waals surface area contributed by atoms with Crippen molar-refractivity contribution in [2.24, 2.45) is 11.8 Å². The lowest BCUT2D eigenvalue weighted by molar-refractivity contribution is -0.274. The van der Waals surface area contributed by atoms with Crippen molar-refractivity contribution in [3.63, 3.8) is 0 Å². The molecule has 2 aliphatic rings. The summed E-state index contributed by atoms with van der Waals surface area (Å²) in [6, 6.07) is 5.29. The van der Waals surface area contributed by atoms with Crippen LogP contribution in [0.15, 0.2) is 29.8 Å². The third kappa shape index (κ3) is 5.23. The minimum Gasteiger partial charge on any atom is -0.406 e. The fraction of sp³-hybridized carbons (Fsp3) is 0.545. The molecule has 0 aromatic heterocycles. The lowest BCUT2D eigenvalue weighted by Gasteiger charge is -2.40. The first kappa shape index (κ1) is 24.4. The lowest BCUT2D eigenvalue weighted by atomic mass is 9.88. The zero-order valence-electron chi connectivity index (χ0n) is 18.2. The molecular weight excluding hydrogens is 445 g/mol. The van der Waals surface area contributed by atoms with Crippen LogP contribution in [0, 0.1) is 11.8 Å². The van der Waals surface area contributed by atoms with Crippen LogP contribution in [-0.4, -0.2) is 58.8 Å². The summed E-state index contributed by atoms with van der Waals surface area (Å²) in [5.41, 5.74) is 1.36. The van der Waals surface area contributed by atoms with E-state index in [1.54, 1.807) is 13.1 Å². The second kappa shape index (κ2) is 9.74. The van der Waals surface area contributed by atoms with Crippen LogP contribution in [0.25, 0.3) is 4.91 Å². The maximum Gasteiger partial charge on any atom is 0.573 e. The Morgan fingerprint density at radius 2 is 1.97 bits per heavy atom. The van der Waals surface area contributed by atoms with Gasteiger partial charge in [0.15, 0.2) is 0 Å². The van der Waals surface area contributed by atoms with E-state index >= 15 is 0 Å². The van der Waals surface area contributed by atoms with Crippen molar-refractivity contribution in [2.45, 2.75) is 44.8 Å². The zero-order chi connectivity index (χ0) is 23.6. The van der Waals surface area contributed by atoms with Crippen LogP contribution >= 0.6 is 11.8 Å². The number of carbonyl (C=O) groups excluding carboxylic acids is 2. The molecule has 0 bridgehead atoms. The third-order valence-corrected chi connectivity index (χ3v) is 7.06. The van der Waals surface area contributed by atoms with Gasteiger partial charge in [-0.2, -0.15) is 0 Å². The van der Waals surface area contributed by atoms with Crippen molar-refractivity contribution in [1.82, 2.24) is 9.80 Å². The number of carbonyl (C=O) groups is 2. The summed E-state index contributed by atoms with van der Waals surface area (Å²) in [4.78, 5) is 29.5. The standard InChI is InChI=1S/C22H27F3N2O4S/c1-13(2)8-9-16-17-19(29)27(10-5-11-28)21(30)26(3)20(17)32-18(16)14-6-4-7-15(12-14)31-22(23,24)25/h4,6-7,12-13,17,20,28H,5,8-11H2,1-3H3. The molecule has 2 aliphatic heterocycles. The maximum absolute atomic E-state index is 13.3. The molecule has 2 atom stereocenters. The molecular formula is C22H27F3N2O4S. The first-order chi connectivity index (χ1) is 15.0. The minimum atomic E-state index is -4.81. The van der Waals surface area contributed by atoms with Gasteiger partial charge in [0.2, 0.25) is 5.91 Å². The predicted octanol–water partition coefficient (Wildman–Crippen LogP) is 4.70. The van der Waals surface area contributed by atoms with Gasteiger partial charge in [-0.15, -0.1) is 13.2 Å². The lowest BCUT2D eigenvalue weighted by Crippen LogP contribution is -2.58. The topological polar surface area (TPSA) is 70.1 Å². The molecule has 1 N–H and O–H groups in total. The fourth-order valence-electron chi connectivity index (χ4n) is 3.95. The molecule has 1 aromatic rings. The highest BCUT2D eigenvalue weighted by atomic mass is 32.2. The Hall–Kier alpha value is -2.20. The summed E-state index contributed by atoms with van der Waals surface area (Å²) in [5.74, 6) is -0.879. The third-order valence-electron chi connectivity index (χ3n) is 5.50. The second-order valence-electron chi connectivity index (χ2n) is 8.31.